The maximum Gasteiger partial charge on any atom is 0.0480 e. The van der Waals surface area contributed by atoms with Crippen molar-refractivity contribution in [2.24, 2.45) is 0 Å². The summed E-state index contributed by atoms with van der Waals surface area (Å²) in [5, 5.41) is 4.73. The van der Waals surface area contributed by atoms with E-state index in [0.29, 0.717) is 0 Å². The average Bonchev–Trinajstić information content (AvgIpc) is 2.31. The highest BCUT2D eigenvalue weighted by Crippen LogP contribution is 2.27. The molecule has 1 heterocycles. The van der Waals surface area contributed by atoms with Crippen molar-refractivity contribution >= 4 is 11.8 Å². The first-order valence-corrected chi connectivity index (χ1v) is 7.54. The van der Waals surface area contributed by atoms with E-state index >= 15 is 0 Å². The van der Waals surface area contributed by atoms with E-state index in [1.807, 2.05) is 11.8 Å². The third-order valence-electron chi connectivity index (χ3n) is 3.65. The van der Waals surface area contributed by atoms with Crippen molar-refractivity contribution in [3.05, 3.63) is 0 Å². The molecular formula is C12H23NOS. The largest absolute Gasteiger partial charge is 0.381 e. The monoisotopic (exact) mass is 229 g/mol. The number of thioether (sulfide) groups is 1. The Morgan fingerprint density at radius 3 is 2.60 bits per heavy atom. The summed E-state index contributed by atoms with van der Waals surface area (Å²) < 4.78 is 5.39. The minimum atomic E-state index is 0.726. The zero-order valence-electron chi connectivity index (χ0n) is 9.71. The highest BCUT2D eigenvalue weighted by molar-refractivity contribution is 7.99. The van der Waals surface area contributed by atoms with Gasteiger partial charge in [-0.3, -0.25) is 0 Å². The van der Waals surface area contributed by atoms with Crippen molar-refractivity contribution in [1.29, 1.82) is 0 Å². The maximum absolute atomic E-state index is 5.39. The Morgan fingerprint density at radius 1 is 1.07 bits per heavy atom. The molecule has 2 nitrogen and oxygen atoms in total. The second-order valence-corrected chi connectivity index (χ2v) is 5.91. The lowest BCUT2D eigenvalue weighted by molar-refractivity contribution is 0.0733. The summed E-state index contributed by atoms with van der Waals surface area (Å²) in [4.78, 5) is 0. The van der Waals surface area contributed by atoms with Crippen molar-refractivity contribution in [1.82, 2.24) is 5.32 Å². The number of hydrogen-bond donors (Lipinski definition) is 1. The minimum absolute atomic E-state index is 0.726. The van der Waals surface area contributed by atoms with Gasteiger partial charge in [0.1, 0.15) is 0 Å². The third-order valence-corrected chi connectivity index (χ3v) is 4.75. The van der Waals surface area contributed by atoms with E-state index < -0.39 is 0 Å². The first-order chi connectivity index (χ1) is 7.38. The fraction of sp³-hybridized carbons (Fsp3) is 1.00. The zero-order valence-corrected chi connectivity index (χ0v) is 10.5. The Balaban J connectivity index is 1.72. The molecule has 1 saturated carbocycles. The SMILES string of the molecule is CSC1CCCC(NC2CCOCC2)C1. The van der Waals surface area contributed by atoms with Crippen LogP contribution in [0.5, 0.6) is 0 Å². The quantitative estimate of drug-likeness (QED) is 0.803. The molecule has 15 heavy (non-hydrogen) atoms. The minimum Gasteiger partial charge on any atom is -0.381 e. The predicted molar refractivity (Wildman–Crippen MR) is 66.5 cm³/mol. The van der Waals surface area contributed by atoms with Gasteiger partial charge in [0.05, 0.1) is 0 Å². The van der Waals surface area contributed by atoms with Gasteiger partial charge in [0.25, 0.3) is 0 Å². The Labute approximate surface area is 97.5 Å². The van der Waals surface area contributed by atoms with Crippen molar-refractivity contribution in [3.8, 4) is 0 Å². The van der Waals surface area contributed by atoms with E-state index in [0.717, 1.165) is 30.5 Å². The van der Waals surface area contributed by atoms with E-state index in [9.17, 15) is 0 Å². The molecule has 88 valence electrons. The standard InChI is InChI=1S/C12H23NOS/c1-15-12-4-2-3-11(9-12)13-10-5-7-14-8-6-10/h10-13H,2-9H2,1H3. The molecular weight excluding hydrogens is 206 g/mol. The molecule has 3 heteroatoms. The predicted octanol–water partition coefficient (Wildman–Crippen LogP) is 2.43. The highest BCUT2D eigenvalue weighted by Gasteiger charge is 2.24. The number of hydrogen-bond acceptors (Lipinski definition) is 3. The molecule has 0 aromatic rings. The van der Waals surface area contributed by atoms with Crippen molar-refractivity contribution < 1.29 is 4.74 Å². The van der Waals surface area contributed by atoms with Crippen LogP contribution in [-0.4, -0.2) is 36.8 Å². The van der Waals surface area contributed by atoms with E-state index in [1.54, 1.807) is 0 Å². The van der Waals surface area contributed by atoms with Gasteiger partial charge in [-0.1, -0.05) is 6.42 Å². The fourth-order valence-electron chi connectivity index (χ4n) is 2.71. The smallest absolute Gasteiger partial charge is 0.0480 e. The van der Waals surface area contributed by atoms with Gasteiger partial charge in [-0.05, 0) is 38.4 Å². The summed E-state index contributed by atoms with van der Waals surface area (Å²) in [6.07, 6.45) is 10.3. The first kappa shape index (κ1) is 11.7. The van der Waals surface area contributed by atoms with Crippen LogP contribution in [-0.2, 0) is 4.74 Å². The van der Waals surface area contributed by atoms with Crippen LogP contribution in [0.2, 0.25) is 0 Å². The van der Waals surface area contributed by atoms with E-state index in [4.69, 9.17) is 4.74 Å². The number of ether oxygens (including phenoxy) is 1. The molecule has 0 spiro atoms. The molecule has 2 rings (SSSR count). The molecule has 0 radical (unpaired) electrons. The summed E-state index contributed by atoms with van der Waals surface area (Å²) in [7, 11) is 0. The molecule has 1 N–H and O–H groups in total. The molecule has 0 amide bonds. The van der Waals surface area contributed by atoms with Crippen molar-refractivity contribution in [3.63, 3.8) is 0 Å². The molecule has 1 aliphatic heterocycles. The average molecular weight is 229 g/mol. The Hall–Kier alpha value is 0.270. The molecule has 1 saturated heterocycles. The van der Waals surface area contributed by atoms with Gasteiger partial charge in [-0.2, -0.15) is 11.8 Å². The van der Waals surface area contributed by atoms with Gasteiger partial charge in [0, 0.05) is 30.5 Å². The van der Waals surface area contributed by atoms with Crippen molar-refractivity contribution in [2.45, 2.75) is 55.9 Å². The normalized spacial score (nSPS) is 34.2. The van der Waals surface area contributed by atoms with Crippen LogP contribution >= 0.6 is 11.8 Å². The zero-order chi connectivity index (χ0) is 10.5. The molecule has 1 aliphatic carbocycles. The second kappa shape index (κ2) is 6.12. The fourth-order valence-corrected chi connectivity index (χ4v) is 3.54. The molecule has 0 aromatic heterocycles. The molecule has 2 aliphatic rings. The van der Waals surface area contributed by atoms with E-state index in [-0.39, 0.29) is 0 Å². The molecule has 0 aromatic carbocycles. The van der Waals surface area contributed by atoms with Gasteiger partial charge in [-0.25, -0.2) is 0 Å². The van der Waals surface area contributed by atoms with Gasteiger partial charge in [0.15, 0.2) is 0 Å². The van der Waals surface area contributed by atoms with Crippen LogP contribution in [0.1, 0.15) is 38.5 Å². The lowest BCUT2D eigenvalue weighted by atomic mass is 9.93. The van der Waals surface area contributed by atoms with Crippen LogP contribution in [0.4, 0.5) is 0 Å². The van der Waals surface area contributed by atoms with Gasteiger partial charge < -0.3 is 10.1 Å². The van der Waals surface area contributed by atoms with Crippen LogP contribution in [0.25, 0.3) is 0 Å². The number of rotatable bonds is 3. The second-order valence-electron chi connectivity index (χ2n) is 4.77. The van der Waals surface area contributed by atoms with Gasteiger partial charge in [-0.15, -0.1) is 0 Å². The van der Waals surface area contributed by atoms with Crippen molar-refractivity contribution in [2.75, 3.05) is 19.5 Å². The Morgan fingerprint density at radius 2 is 1.87 bits per heavy atom. The van der Waals surface area contributed by atoms with Gasteiger partial charge >= 0.3 is 0 Å². The van der Waals surface area contributed by atoms with Crippen LogP contribution in [0.15, 0.2) is 0 Å². The molecule has 2 atom stereocenters. The summed E-state index contributed by atoms with van der Waals surface area (Å²) in [5.41, 5.74) is 0. The molecule has 0 bridgehead atoms. The van der Waals surface area contributed by atoms with E-state index in [1.165, 1.54) is 38.5 Å². The topological polar surface area (TPSA) is 21.3 Å². The Bertz CT molecular complexity index is 182. The highest BCUT2D eigenvalue weighted by atomic mass is 32.2. The molecule has 2 fully saturated rings. The lowest BCUT2D eigenvalue weighted by Gasteiger charge is -2.33. The van der Waals surface area contributed by atoms with Crippen LogP contribution < -0.4 is 5.32 Å². The molecule has 2 unspecified atom stereocenters. The van der Waals surface area contributed by atoms with Gasteiger partial charge in [0.2, 0.25) is 0 Å². The van der Waals surface area contributed by atoms with E-state index in [2.05, 4.69) is 11.6 Å². The third kappa shape index (κ3) is 3.65. The summed E-state index contributed by atoms with van der Waals surface area (Å²) in [6, 6.07) is 1.50. The summed E-state index contributed by atoms with van der Waals surface area (Å²) in [5.74, 6) is 0. The van der Waals surface area contributed by atoms with Crippen LogP contribution in [0, 0.1) is 0 Å². The maximum atomic E-state index is 5.39. The Kier molecular flexibility index (Phi) is 4.79. The number of nitrogens with one attached hydrogen (secondary N) is 1. The first-order valence-electron chi connectivity index (χ1n) is 6.25. The summed E-state index contributed by atoms with van der Waals surface area (Å²) >= 11 is 2.05. The summed E-state index contributed by atoms with van der Waals surface area (Å²) in [6.45, 7) is 1.91. The van der Waals surface area contributed by atoms with Crippen LogP contribution in [0.3, 0.4) is 0 Å². The lowest BCUT2D eigenvalue weighted by Crippen LogP contribution is -2.44.